The van der Waals surface area contributed by atoms with Crippen molar-refractivity contribution in [1.29, 1.82) is 0 Å². The standard InChI is InChI=1S/C12H10BrNO4S2/c13-10-5-6-12(19-10)20(17,18)14-9-4-2-1-3-8(9)7-11(15)16/h1-6,14H,7H2,(H,15,16). The maximum Gasteiger partial charge on any atom is 0.307 e. The highest BCUT2D eigenvalue weighted by molar-refractivity contribution is 9.11. The lowest BCUT2D eigenvalue weighted by Crippen LogP contribution is -2.14. The average Bonchev–Trinajstić information content (AvgIpc) is 2.78. The molecule has 0 fully saturated rings. The Morgan fingerprint density at radius 3 is 2.55 bits per heavy atom. The van der Waals surface area contributed by atoms with E-state index < -0.39 is 16.0 Å². The summed E-state index contributed by atoms with van der Waals surface area (Å²) < 4.78 is 27.7. The minimum absolute atomic E-state index is 0.162. The molecule has 0 unspecified atom stereocenters. The zero-order valence-electron chi connectivity index (χ0n) is 10.0. The van der Waals surface area contributed by atoms with Crippen molar-refractivity contribution in [2.45, 2.75) is 10.6 Å². The molecule has 1 heterocycles. The van der Waals surface area contributed by atoms with Crippen LogP contribution in [0.25, 0.3) is 0 Å². The molecule has 0 saturated heterocycles. The molecule has 2 N–H and O–H groups in total. The number of sulfonamides is 1. The number of rotatable bonds is 5. The van der Waals surface area contributed by atoms with Crippen molar-refractivity contribution in [1.82, 2.24) is 0 Å². The lowest BCUT2D eigenvalue weighted by molar-refractivity contribution is -0.136. The van der Waals surface area contributed by atoms with E-state index in [-0.39, 0.29) is 16.3 Å². The van der Waals surface area contributed by atoms with Gasteiger partial charge in [0.25, 0.3) is 10.0 Å². The summed E-state index contributed by atoms with van der Waals surface area (Å²) in [7, 11) is -3.71. The molecule has 0 spiro atoms. The summed E-state index contributed by atoms with van der Waals surface area (Å²) in [5.41, 5.74) is 0.693. The Bertz CT molecular complexity index is 739. The molecule has 1 aromatic carbocycles. The van der Waals surface area contributed by atoms with E-state index in [4.69, 9.17) is 5.11 Å². The van der Waals surface area contributed by atoms with E-state index in [1.54, 1.807) is 30.3 Å². The lowest BCUT2D eigenvalue weighted by atomic mass is 10.1. The van der Waals surface area contributed by atoms with Crippen LogP contribution < -0.4 is 4.72 Å². The molecule has 1 aromatic heterocycles. The Morgan fingerprint density at radius 2 is 1.95 bits per heavy atom. The SMILES string of the molecule is O=C(O)Cc1ccccc1NS(=O)(=O)c1ccc(Br)s1. The zero-order valence-corrected chi connectivity index (χ0v) is 13.3. The number of hydrogen-bond donors (Lipinski definition) is 2. The predicted molar refractivity (Wildman–Crippen MR) is 80.6 cm³/mol. The van der Waals surface area contributed by atoms with Gasteiger partial charge in [-0.15, -0.1) is 11.3 Å². The van der Waals surface area contributed by atoms with Crippen molar-refractivity contribution in [3.05, 3.63) is 45.7 Å². The Labute approximate surface area is 128 Å². The van der Waals surface area contributed by atoms with Crippen LogP contribution in [-0.2, 0) is 21.2 Å². The quantitative estimate of drug-likeness (QED) is 0.841. The van der Waals surface area contributed by atoms with Gasteiger partial charge < -0.3 is 5.11 Å². The Morgan fingerprint density at radius 1 is 1.25 bits per heavy atom. The summed E-state index contributed by atoms with van der Waals surface area (Å²) in [6.45, 7) is 0. The number of anilines is 1. The molecule has 20 heavy (non-hydrogen) atoms. The van der Waals surface area contributed by atoms with E-state index in [1.165, 1.54) is 6.07 Å². The molecule has 8 heteroatoms. The third-order valence-electron chi connectivity index (χ3n) is 2.42. The topological polar surface area (TPSA) is 83.5 Å². The van der Waals surface area contributed by atoms with Gasteiger partial charge in [0.15, 0.2) is 0 Å². The van der Waals surface area contributed by atoms with Crippen LogP contribution >= 0.6 is 27.3 Å². The van der Waals surface area contributed by atoms with Gasteiger partial charge in [0, 0.05) is 0 Å². The first-order valence-corrected chi connectivity index (χ1v) is 8.55. The summed E-state index contributed by atoms with van der Waals surface area (Å²) >= 11 is 4.29. The highest BCUT2D eigenvalue weighted by atomic mass is 79.9. The van der Waals surface area contributed by atoms with Gasteiger partial charge in [-0.1, -0.05) is 18.2 Å². The smallest absolute Gasteiger partial charge is 0.307 e. The molecule has 0 aliphatic rings. The van der Waals surface area contributed by atoms with Crippen LogP contribution in [0.5, 0.6) is 0 Å². The third-order valence-corrected chi connectivity index (χ3v) is 5.90. The van der Waals surface area contributed by atoms with Gasteiger partial charge in [0.05, 0.1) is 15.9 Å². The Balaban J connectivity index is 2.32. The molecule has 5 nitrogen and oxygen atoms in total. The molecule has 0 atom stereocenters. The summed E-state index contributed by atoms with van der Waals surface area (Å²) in [5.74, 6) is -1.02. The van der Waals surface area contributed by atoms with Crippen LogP contribution in [0.3, 0.4) is 0 Å². The van der Waals surface area contributed by atoms with Gasteiger partial charge in [-0.2, -0.15) is 0 Å². The van der Waals surface area contributed by atoms with Crippen molar-refractivity contribution in [2.24, 2.45) is 0 Å². The van der Waals surface area contributed by atoms with E-state index >= 15 is 0 Å². The number of benzene rings is 1. The second-order valence-corrected chi connectivity index (χ2v) is 8.26. The fourth-order valence-electron chi connectivity index (χ4n) is 1.57. The first-order chi connectivity index (χ1) is 9.38. The monoisotopic (exact) mass is 375 g/mol. The first kappa shape index (κ1) is 15.0. The van der Waals surface area contributed by atoms with Crippen LogP contribution in [0.4, 0.5) is 5.69 Å². The number of aliphatic carboxylic acids is 1. The maximum absolute atomic E-state index is 12.2. The fourth-order valence-corrected chi connectivity index (χ4v) is 4.68. The minimum atomic E-state index is -3.71. The van der Waals surface area contributed by atoms with Crippen molar-refractivity contribution in [3.8, 4) is 0 Å². The van der Waals surface area contributed by atoms with Crippen molar-refractivity contribution < 1.29 is 18.3 Å². The van der Waals surface area contributed by atoms with Gasteiger partial charge in [0.1, 0.15) is 4.21 Å². The molecule has 0 bridgehead atoms. The van der Waals surface area contributed by atoms with Gasteiger partial charge in [-0.25, -0.2) is 8.42 Å². The summed E-state index contributed by atoms with van der Waals surface area (Å²) in [6, 6.07) is 9.55. The van der Waals surface area contributed by atoms with Crippen LogP contribution in [0.15, 0.2) is 44.4 Å². The second kappa shape index (κ2) is 5.94. The van der Waals surface area contributed by atoms with Gasteiger partial charge >= 0.3 is 5.97 Å². The largest absolute Gasteiger partial charge is 0.481 e. The lowest BCUT2D eigenvalue weighted by Gasteiger charge is -2.10. The van der Waals surface area contributed by atoms with E-state index in [0.29, 0.717) is 9.35 Å². The highest BCUT2D eigenvalue weighted by Crippen LogP contribution is 2.28. The highest BCUT2D eigenvalue weighted by Gasteiger charge is 2.18. The molecule has 0 radical (unpaired) electrons. The van der Waals surface area contributed by atoms with Crippen LogP contribution in [0.1, 0.15) is 5.56 Å². The van der Waals surface area contributed by atoms with E-state index in [9.17, 15) is 13.2 Å². The average molecular weight is 376 g/mol. The summed E-state index contributed by atoms with van der Waals surface area (Å²) in [5, 5.41) is 8.83. The fraction of sp³-hybridized carbons (Fsp3) is 0.0833. The Kier molecular flexibility index (Phi) is 4.46. The number of halogens is 1. The number of thiophene rings is 1. The summed E-state index contributed by atoms with van der Waals surface area (Å²) in [4.78, 5) is 10.8. The Hall–Kier alpha value is -1.38. The normalized spacial score (nSPS) is 11.2. The van der Waals surface area contributed by atoms with E-state index in [0.717, 1.165) is 11.3 Å². The second-order valence-electron chi connectivity index (χ2n) is 3.89. The van der Waals surface area contributed by atoms with E-state index in [2.05, 4.69) is 20.7 Å². The third kappa shape index (κ3) is 3.59. The molecule has 0 amide bonds. The van der Waals surface area contributed by atoms with Crippen LogP contribution in [-0.4, -0.2) is 19.5 Å². The molecule has 0 saturated carbocycles. The maximum atomic E-state index is 12.2. The molecular weight excluding hydrogens is 366 g/mol. The predicted octanol–water partition coefficient (Wildman–Crippen LogP) is 2.94. The number of nitrogens with one attached hydrogen (secondary N) is 1. The number of carboxylic acid groups (broad SMARTS) is 1. The summed E-state index contributed by atoms with van der Waals surface area (Å²) in [6.07, 6.45) is -0.243. The molecule has 0 aliphatic heterocycles. The van der Waals surface area contributed by atoms with Crippen molar-refractivity contribution in [3.63, 3.8) is 0 Å². The molecule has 2 aromatic rings. The number of para-hydroxylation sites is 1. The number of hydrogen-bond acceptors (Lipinski definition) is 4. The van der Waals surface area contributed by atoms with Gasteiger partial charge in [-0.3, -0.25) is 9.52 Å². The molecule has 106 valence electrons. The molecular formula is C12H10BrNO4S2. The number of carbonyl (C=O) groups is 1. The van der Waals surface area contributed by atoms with Crippen molar-refractivity contribution in [2.75, 3.05) is 4.72 Å². The minimum Gasteiger partial charge on any atom is -0.481 e. The van der Waals surface area contributed by atoms with Gasteiger partial charge in [-0.05, 0) is 39.7 Å². The van der Waals surface area contributed by atoms with Gasteiger partial charge in [0.2, 0.25) is 0 Å². The first-order valence-electron chi connectivity index (χ1n) is 5.46. The van der Waals surface area contributed by atoms with Crippen LogP contribution in [0, 0.1) is 0 Å². The van der Waals surface area contributed by atoms with Crippen LogP contribution in [0.2, 0.25) is 0 Å². The molecule has 0 aliphatic carbocycles. The number of carboxylic acids is 1. The van der Waals surface area contributed by atoms with E-state index in [1.807, 2.05) is 0 Å². The zero-order chi connectivity index (χ0) is 14.8. The molecule has 2 rings (SSSR count). The van der Waals surface area contributed by atoms with Crippen molar-refractivity contribution >= 4 is 48.9 Å².